The van der Waals surface area contributed by atoms with Crippen molar-refractivity contribution in [3.8, 4) is 0 Å². The van der Waals surface area contributed by atoms with E-state index in [1.165, 1.54) is 0 Å². The zero-order valence-corrected chi connectivity index (χ0v) is 10.3. The van der Waals surface area contributed by atoms with Crippen LogP contribution in [-0.2, 0) is 4.79 Å². The highest BCUT2D eigenvalue weighted by molar-refractivity contribution is 5.78. The van der Waals surface area contributed by atoms with E-state index in [1.54, 1.807) is 0 Å². The van der Waals surface area contributed by atoms with Gasteiger partial charge in [-0.15, -0.1) is 0 Å². The Bertz CT molecular complexity index is 182. The predicted molar refractivity (Wildman–Crippen MR) is 60.2 cm³/mol. The number of carbonyl (C=O) groups is 1. The second-order valence-electron chi connectivity index (χ2n) is 5.18. The summed E-state index contributed by atoms with van der Waals surface area (Å²) in [4.78, 5) is 13.7. The molecule has 0 saturated carbocycles. The van der Waals surface area contributed by atoms with Crippen LogP contribution in [0.3, 0.4) is 0 Å². The molecule has 0 radical (unpaired) electrons. The zero-order valence-electron chi connectivity index (χ0n) is 10.3. The molecule has 84 valence electrons. The van der Waals surface area contributed by atoms with Gasteiger partial charge >= 0.3 is 0 Å². The summed E-state index contributed by atoms with van der Waals surface area (Å²) in [6.07, 6.45) is 0. The van der Waals surface area contributed by atoms with Crippen molar-refractivity contribution >= 4 is 5.91 Å². The molecule has 0 rings (SSSR count). The molecule has 0 aromatic carbocycles. The zero-order chi connectivity index (χ0) is 11.4. The molecule has 0 aliphatic heterocycles. The van der Waals surface area contributed by atoms with Gasteiger partial charge in [-0.05, 0) is 19.5 Å². The minimum Gasteiger partial charge on any atom is -0.355 e. The van der Waals surface area contributed by atoms with Gasteiger partial charge in [0.1, 0.15) is 0 Å². The van der Waals surface area contributed by atoms with Crippen LogP contribution in [0, 0.1) is 11.3 Å². The van der Waals surface area contributed by atoms with E-state index in [0.717, 1.165) is 13.1 Å². The lowest BCUT2D eigenvalue weighted by molar-refractivity contribution is -0.127. The number of amides is 1. The molecule has 0 aliphatic carbocycles. The van der Waals surface area contributed by atoms with E-state index in [4.69, 9.17) is 0 Å². The maximum Gasteiger partial charge on any atom is 0.223 e. The Morgan fingerprint density at radius 3 is 2.21 bits per heavy atom. The minimum atomic E-state index is 0.0438. The van der Waals surface area contributed by atoms with Crippen LogP contribution in [0.15, 0.2) is 0 Å². The molecule has 0 heterocycles. The second kappa shape index (κ2) is 5.35. The number of nitrogens with one attached hydrogen (secondary N) is 1. The fourth-order valence-corrected chi connectivity index (χ4v) is 0.949. The number of rotatable bonds is 4. The molecule has 3 heteroatoms. The molecule has 0 aromatic heterocycles. The van der Waals surface area contributed by atoms with Gasteiger partial charge in [-0.3, -0.25) is 4.79 Å². The fourth-order valence-electron chi connectivity index (χ4n) is 0.949. The molecular weight excluding hydrogens is 176 g/mol. The van der Waals surface area contributed by atoms with Crippen LogP contribution in [0.1, 0.15) is 27.7 Å². The second-order valence-corrected chi connectivity index (χ2v) is 5.18. The molecule has 0 fully saturated rings. The summed E-state index contributed by atoms with van der Waals surface area (Å²) < 4.78 is 0. The summed E-state index contributed by atoms with van der Waals surface area (Å²) in [7, 11) is 4.00. The van der Waals surface area contributed by atoms with Gasteiger partial charge in [0.2, 0.25) is 5.91 Å². The summed E-state index contributed by atoms with van der Waals surface area (Å²) in [5.74, 6) is 0.212. The summed E-state index contributed by atoms with van der Waals surface area (Å²) in [6.45, 7) is 9.86. The molecule has 0 spiro atoms. The largest absolute Gasteiger partial charge is 0.355 e. The van der Waals surface area contributed by atoms with Crippen LogP contribution >= 0.6 is 0 Å². The third-order valence-corrected chi connectivity index (χ3v) is 2.55. The first-order valence-corrected chi connectivity index (χ1v) is 5.17. The Morgan fingerprint density at radius 1 is 1.36 bits per heavy atom. The monoisotopic (exact) mass is 200 g/mol. The lowest BCUT2D eigenvalue weighted by Crippen LogP contribution is -2.39. The molecule has 0 saturated heterocycles. The van der Waals surface area contributed by atoms with Crippen molar-refractivity contribution in [3.05, 3.63) is 0 Å². The minimum absolute atomic E-state index is 0.0438. The first kappa shape index (κ1) is 13.4. The standard InChI is InChI=1S/C11H24N2O/c1-9(11(2,3)4)10(14)12-7-8-13(5)6/h9H,7-8H2,1-6H3,(H,12,14). The van der Waals surface area contributed by atoms with Crippen molar-refractivity contribution in [2.45, 2.75) is 27.7 Å². The molecule has 1 amide bonds. The summed E-state index contributed by atoms with van der Waals surface area (Å²) >= 11 is 0. The van der Waals surface area contributed by atoms with E-state index < -0.39 is 0 Å². The molecule has 1 atom stereocenters. The van der Waals surface area contributed by atoms with Crippen LogP contribution in [0.4, 0.5) is 0 Å². The van der Waals surface area contributed by atoms with E-state index >= 15 is 0 Å². The number of nitrogens with zero attached hydrogens (tertiary/aromatic N) is 1. The lowest BCUT2D eigenvalue weighted by Gasteiger charge is -2.26. The maximum atomic E-state index is 11.6. The summed E-state index contributed by atoms with van der Waals surface area (Å²) in [5, 5.41) is 2.94. The topological polar surface area (TPSA) is 32.3 Å². The Kier molecular flexibility index (Phi) is 5.13. The molecule has 0 bridgehead atoms. The fraction of sp³-hybridized carbons (Fsp3) is 0.909. The van der Waals surface area contributed by atoms with Gasteiger partial charge in [-0.2, -0.15) is 0 Å². The normalized spacial score (nSPS) is 14.2. The van der Waals surface area contributed by atoms with E-state index in [9.17, 15) is 4.79 Å². The summed E-state index contributed by atoms with van der Waals surface area (Å²) in [6, 6.07) is 0. The molecule has 3 nitrogen and oxygen atoms in total. The maximum absolute atomic E-state index is 11.6. The van der Waals surface area contributed by atoms with Crippen molar-refractivity contribution < 1.29 is 4.79 Å². The van der Waals surface area contributed by atoms with Gasteiger partial charge in [-0.25, -0.2) is 0 Å². The number of hydrogen-bond donors (Lipinski definition) is 1. The van der Waals surface area contributed by atoms with Crippen molar-refractivity contribution in [1.29, 1.82) is 0 Å². The van der Waals surface area contributed by atoms with E-state index in [2.05, 4.69) is 31.0 Å². The SMILES string of the molecule is CC(C(=O)NCCN(C)C)C(C)(C)C. The Labute approximate surface area is 87.9 Å². The third kappa shape index (κ3) is 5.22. The molecule has 14 heavy (non-hydrogen) atoms. The molecule has 1 N–H and O–H groups in total. The third-order valence-electron chi connectivity index (χ3n) is 2.55. The summed E-state index contributed by atoms with van der Waals surface area (Å²) in [5.41, 5.74) is 0.0438. The Hall–Kier alpha value is -0.570. The van der Waals surface area contributed by atoms with Crippen molar-refractivity contribution in [3.63, 3.8) is 0 Å². The van der Waals surface area contributed by atoms with Crippen molar-refractivity contribution in [1.82, 2.24) is 10.2 Å². The molecule has 0 aromatic rings. The quantitative estimate of drug-likeness (QED) is 0.743. The van der Waals surface area contributed by atoms with Gasteiger partial charge in [0, 0.05) is 19.0 Å². The number of hydrogen-bond acceptors (Lipinski definition) is 2. The molecule has 0 aliphatic rings. The van der Waals surface area contributed by atoms with Gasteiger partial charge < -0.3 is 10.2 Å². The van der Waals surface area contributed by atoms with Crippen LogP contribution in [-0.4, -0.2) is 38.0 Å². The van der Waals surface area contributed by atoms with Crippen LogP contribution < -0.4 is 5.32 Å². The van der Waals surface area contributed by atoms with Crippen LogP contribution in [0.25, 0.3) is 0 Å². The highest BCUT2D eigenvalue weighted by Crippen LogP contribution is 2.24. The van der Waals surface area contributed by atoms with E-state index in [-0.39, 0.29) is 17.2 Å². The number of likely N-dealkylation sites (N-methyl/N-ethyl adjacent to an activating group) is 1. The highest BCUT2D eigenvalue weighted by Gasteiger charge is 2.26. The van der Waals surface area contributed by atoms with Gasteiger partial charge in [0.15, 0.2) is 0 Å². The first-order chi connectivity index (χ1) is 6.25. The molecule has 1 unspecified atom stereocenters. The van der Waals surface area contributed by atoms with Crippen molar-refractivity contribution in [2.75, 3.05) is 27.2 Å². The average Bonchev–Trinajstić information content (AvgIpc) is 2.00. The van der Waals surface area contributed by atoms with Crippen molar-refractivity contribution in [2.24, 2.45) is 11.3 Å². The van der Waals surface area contributed by atoms with Crippen LogP contribution in [0.5, 0.6) is 0 Å². The number of carbonyl (C=O) groups excluding carboxylic acids is 1. The predicted octanol–water partition coefficient (Wildman–Crippen LogP) is 1.35. The Morgan fingerprint density at radius 2 is 1.86 bits per heavy atom. The van der Waals surface area contributed by atoms with Crippen LogP contribution in [0.2, 0.25) is 0 Å². The molecular formula is C11H24N2O. The lowest BCUT2D eigenvalue weighted by atomic mass is 9.81. The Balaban J connectivity index is 3.86. The van der Waals surface area contributed by atoms with Gasteiger partial charge in [-0.1, -0.05) is 27.7 Å². The van der Waals surface area contributed by atoms with E-state index in [0.29, 0.717) is 0 Å². The highest BCUT2D eigenvalue weighted by atomic mass is 16.1. The van der Waals surface area contributed by atoms with Gasteiger partial charge in [0.25, 0.3) is 0 Å². The first-order valence-electron chi connectivity index (χ1n) is 5.17. The van der Waals surface area contributed by atoms with Gasteiger partial charge in [0.05, 0.1) is 0 Å². The average molecular weight is 200 g/mol. The van der Waals surface area contributed by atoms with E-state index in [1.807, 2.05) is 21.0 Å². The smallest absolute Gasteiger partial charge is 0.223 e.